The predicted octanol–water partition coefficient (Wildman–Crippen LogP) is 2.07. The minimum absolute atomic E-state index is 0.121. The summed E-state index contributed by atoms with van der Waals surface area (Å²) in [6, 6.07) is 15.2. The molecule has 0 aliphatic carbocycles. The summed E-state index contributed by atoms with van der Waals surface area (Å²) < 4.78 is 36.8. The smallest absolute Gasteiger partial charge is 0.306 e. The molecule has 0 saturated carbocycles. The molecule has 1 saturated heterocycles. The van der Waals surface area contributed by atoms with Gasteiger partial charge in [0.1, 0.15) is 0 Å². The van der Waals surface area contributed by atoms with E-state index in [1.807, 2.05) is 30.3 Å². The van der Waals surface area contributed by atoms with E-state index in [1.54, 1.807) is 0 Å². The Kier molecular flexibility index (Phi) is 7.13. The van der Waals surface area contributed by atoms with Crippen LogP contribution >= 0.6 is 0 Å². The van der Waals surface area contributed by atoms with E-state index in [2.05, 4.69) is 0 Å². The van der Waals surface area contributed by atoms with Gasteiger partial charge in [0.15, 0.2) is 12.4 Å². The normalized spacial score (nSPS) is 15.0. The van der Waals surface area contributed by atoms with Crippen LogP contribution in [0, 0.1) is 0 Å². The Hall–Kier alpha value is -2.55. The third-order valence-electron chi connectivity index (χ3n) is 4.61. The van der Waals surface area contributed by atoms with Crippen LogP contribution in [0.5, 0.6) is 0 Å². The first-order chi connectivity index (χ1) is 14.0. The monoisotopic (exact) mass is 417 g/mol. The number of benzene rings is 2. The zero-order valence-corrected chi connectivity index (χ0v) is 16.8. The molecule has 7 nitrogen and oxygen atoms in total. The molecule has 1 fully saturated rings. The van der Waals surface area contributed by atoms with Gasteiger partial charge < -0.3 is 9.47 Å². The van der Waals surface area contributed by atoms with Crippen LogP contribution in [0.15, 0.2) is 59.5 Å². The van der Waals surface area contributed by atoms with Crippen LogP contribution in [0.4, 0.5) is 0 Å². The van der Waals surface area contributed by atoms with E-state index in [9.17, 15) is 18.0 Å². The number of ketones is 1. The summed E-state index contributed by atoms with van der Waals surface area (Å²) in [5.74, 6) is -0.831. The summed E-state index contributed by atoms with van der Waals surface area (Å²) in [7, 11) is -3.61. The highest BCUT2D eigenvalue weighted by atomic mass is 32.2. The molecule has 29 heavy (non-hydrogen) atoms. The molecule has 0 unspecified atom stereocenters. The molecule has 0 amide bonds. The number of nitrogens with zero attached hydrogens (tertiary/aromatic N) is 1. The number of hydrogen-bond acceptors (Lipinski definition) is 6. The number of morpholine rings is 1. The van der Waals surface area contributed by atoms with E-state index < -0.39 is 16.0 Å². The van der Waals surface area contributed by atoms with Crippen molar-refractivity contribution < 1.29 is 27.5 Å². The Bertz CT molecular complexity index is 935. The molecule has 8 heteroatoms. The van der Waals surface area contributed by atoms with E-state index in [0.717, 1.165) is 5.56 Å². The topological polar surface area (TPSA) is 90.0 Å². The van der Waals surface area contributed by atoms with Gasteiger partial charge in [-0.1, -0.05) is 30.3 Å². The average molecular weight is 417 g/mol. The molecule has 1 aliphatic heterocycles. The van der Waals surface area contributed by atoms with Crippen LogP contribution in [-0.2, 0) is 30.7 Å². The van der Waals surface area contributed by atoms with Crippen molar-refractivity contribution >= 4 is 21.8 Å². The van der Waals surface area contributed by atoms with E-state index in [0.29, 0.717) is 38.3 Å². The van der Waals surface area contributed by atoms with Gasteiger partial charge in [0.2, 0.25) is 10.0 Å². The van der Waals surface area contributed by atoms with Crippen LogP contribution in [0.1, 0.15) is 22.3 Å². The summed E-state index contributed by atoms with van der Waals surface area (Å²) in [5, 5.41) is 0. The number of esters is 1. The average Bonchev–Trinajstić information content (AvgIpc) is 2.77. The third kappa shape index (κ3) is 5.72. The van der Waals surface area contributed by atoms with Crippen LogP contribution in [0.3, 0.4) is 0 Å². The Balaban J connectivity index is 1.51. The van der Waals surface area contributed by atoms with Crippen molar-refractivity contribution in [2.75, 3.05) is 32.9 Å². The van der Waals surface area contributed by atoms with Crippen molar-refractivity contribution in [2.45, 2.75) is 17.7 Å². The Morgan fingerprint density at radius 3 is 2.28 bits per heavy atom. The van der Waals surface area contributed by atoms with Gasteiger partial charge in [0, 0.05) is 25.1 Å². The van der Waals surface area contributed by atoms with Crippen molar-refractivity contribution in [3.8, 4) is 0 Å². The van der Waals surface area contributed by atoms with Gasteiger partial charge in [-0.15, -0.1) is 0 Å². The third-order valence-corrected chi connectivity index (χ3v) is 6.52. The SMILES string of the molecule is O=C(CCc1ccccc1)OCC(=O)c1ccc(S(=O)(=O)N2CCOCC2)cc1. The highest BCUT2D eigenvalue weighted by molar-refractivity contribution is 7.89. The number of aryl methyl sites for hydroxylation is 1. The van der Waals surface area contributed by atoms with Crippen molar-refractivity contribution in [3.05, 3.63) is 65.7 Å². The molecular formula is C21H23NO6S. The summed E-state index contributed by atoms with van der Waals surface area (Å²) in [6.07, 6.45) is 0.732. The van der Waals surface area contributed by atoms with Crippen LogP contribution in [0.2, 0.25) is 0 Å². The van der Waals surface area contributed by atoms with Crippen molar-refractivity contribution in [3.63, 3.8) is 0 Å². The first kappa shape index (κ1) is 21.2. The van der Waals surface area contributed by atoms with Gasteiger partial charge in [0.25, 0.3) is 0 Å². The van der Waals surface area contributed by atoms with Gasteiger partial charge >= 0.3 is 5.97 Å². The lowest BCUT2D eigenvalue weighted by Crippen LogP contribution is -2.40. The molecule has 3 rings (SSSR count). The minimum atomic E-state index is -3.61. The summed E-state index contributed by atoms with van der Waals surface area (Å²) in [5.41, 5.74) is 1.31. The number of Topliss-reactive ketones (excluding diaryl/α,β-unsaturated/α-hetero) is 1. The number of carbonyl (C=O) groups is 2. The Labute approximate surface area is 170 Å². The quantitative estimate of drug-likeness (QED) is 0.482. The molecular weight excluding hydrogens is 394 g/mol. The largest absolute Gasteiger partial charge is 0.457 e. The van der Waals surface area contributed by atoms with Crippen LogP contribution < -0.4 is 0 Å². The van der Waals surface area contributed by atoms with Crippen molar-refractivity contribution in [2.24, 2.45) is 0 Å². The van der Waals surface area contributed by atoms with E-state index in [1.165, 1.54) is 28.6 Å². The van der Waals surface area contributed by atoms with E-state index in [-0.39, 0.29) is 23.7 Å². The highest BCUT2D eigenvalue weighted by Crippen LogP contribution is 2.18. The first-order valence-electron chi connectivity index (χ1n) is 9.37. The van der Waals surface area contributed by atoms with Gasteiger partial charge in [-0.3, -0.25) is 9.59 Å². The van der Waals surface area contributed by atoms with Gasteiger partial charge in [0.05, 0.1) is 18.1 Å². The van der Waals surface area contributed by atoms with Gasteiger partial charge in [-0.2, -0.15) is 4.31 Å². The second-order valence-corrected chi connectivity index (χ2v) is 8.55. The molecule has 0 N–H and O–H groups in total. The lowest BCUT2D eigenvalue weighted by molar-refractivity contribution is -0.142. The molecule has 0 radical (unpaired) electrons. The maximum Gasteiger partial charge on any atom is 0.306 e. The number of sulfonamides is 1. The molecule has 0 spiro atoms. The fourth-order valence-corrected chi connectivity index (χ4v) is 4.35. The second-order valence-electron chi connectivity index (χ2n) is 6.61. The molecule has 0 bridgehead atoms. The molecule has 0 aromatic heterocycles. The van der Waals surface area contributed by atoms with Gasteiger partial charge in [-0.05, 0) is 36.2 Å². The van der Waals surface area contributed by atoms with E-state index in [4.69, 9.17) is 9.47 Å². The number of ether oxygens (including phenoxy) is 2. The van der Waals surface area contributed by atoms with E-state index >= 15 is 0 Å². The highest BCUT2D eigenvalue weighted by Gasteiger charge is 2.26. The Morgan fingerprint density at radius 2 is 1.62 bits per heavy atom. The molecule has 2 aromatic rings. The number of hydrogen-bond donors (Lipinski definition) is 0. The van der Waals surface area contributed by atoms with Crippen LogP contribution in [-0.4, -0.2) is 57.4 Å². The summed E-state index contributed by atoms with van der Waals surface area (Å²) in [6.45, 7) is 0.976. The number of carbonyl (C=O) groups excluding carboxylic acids is 2. The molecule has 2 aromatic carbocycles. The van der Waals surface area contributed by atoms with Crippen molar-refractivity contribution in [1.82, 2.24) is 4.31 Å². The maximum atomic E-state index is 12.6. The lowest BCUT2D eigenvalue weighted by atomic mass is 10.1. The zero-order valence-electron chi connectivity index (χ0n) is 16.0. The lowest BCUT2D eigenvalue weighted by Gasteiger charge is -2.26. The summed E-state index contributed by atoms with van der Waals surface area (Å²) in [4.78, 5) is 24.2. The predicted molar refractivity (Wildman–Crippen MR) is 106 cm³/mol. The van der Waals surface area contributed by atoms with Gasteiger partial charge in [-0.25, -0.2) is 8.42 Å². The fraction of sp³-hybridized carbons (Fsp3) is 0.333. The summed E-state index contributed by atoms with van der Waals surface area (Å²) >= 11 is 0. The molecule has 0 atom stereocenters. The Morgan fingerprint density at radius 1 is 0.966 bits per heavy atom. The minimum Gasteiger partial charge on any atom is -0.457 e. The molecule has 1 aliphatic rings. The maximum absolute atomic E-state index is 12.6. The molecule has 154 valence electrons. The standard InChI is InChI=1S/C21H23NO6S/c23-20(16-28-21(24)11-6-17-4-2-1-3-5-17)18-7-9-19(10-8-18)29(25,26)22-12-14-27-15-13-22/h1-5,7-10H,6,11-16H2. The number of rotatable bonds is 8. The fourth-order valence-electron chi connectivity index (χ4n) is 2.94. The zero-order chi connectivity index (χ0) is 20.7. The van der Waals surface area contributed by atoms with Crippen LogP contribution in [0.25, 0.3) is 0 Å². The van der Waals surface area contributed by atoms with Crippen molar-refractivity contribution in [1.29, 1.82) is 0 Å². The second kappa shape index (κ2) is 9.78. The molecule has 1 heterocycles. The first-order valence-corrected chi connectivity index (χ1v) is 10.8.